The Morgan fingerprint density at radius 1 is 1.28 bits per heavy atom. The minimum atomic E-state index is 0.533. The van der Waals surface area contributed by atoms with Crippen LogP contribution in [0.3, 0.4) is 0 Å². The van der Waals surface area contributed by atoms with E-state index in [9.17, 15) is 0 Å². The Labute approximate surface area is 111 Å². The van der Waals surface area contributed by atoms with Gasteiger partial charge in [0.2, 0.25) is 0 Å². The van der Waals surface area contributed by atoms with Crippen LogP contribution in [0.4, 0.5) is 0 Å². The molecule has 5 unspecified atom stereocenters. The fourth-order valence-electron chi connectivity index (χ4n) is 4.07. The highest BCUT2D eigenvalue weighted by molar-refractivity contribution is 4.95. The van der Waals surface area contributed by atoms with Crippen LogP contribution in [0.2, 0.25) is 0 Å². The van der Waals surface area contributed by atoms with E-state index in [1.807, 2.05) is 0 Å². The van der Waals surface area contributed by atoms with Gasteiger partial charge in [-0.1, -0.05) is 6.92 Å². The van der Waals surface area contributed by atoms with Crippen LogP contribution >= 0.6 is 0 Å². The van der Waals surface area contributed by atoms with Gasteiger partial charge in [0.15, 0.2) is 0 Å². The molecule has 0 spiro atoms. The summed E-state index contributed by atoms with van der Waals surface area (Å²) in [7, 11) is 0. The largest absolute Gasteiger partial charge is 0.378 e. The van der Waals surface area contributed by atoms with Gasteiger partial charge < -0.3 is 14.8 Å². The van der Waals surface area contributed by atoms with Gasteiger partial charge >= 0.3 is 0 Å². The molecule has 5 atom stereocenters. The maximum Gasteiger partial charge on any atom is 0.0623 e. The second kappa shape index (κ2) is 5.89. The molecule has 3 saturated heterocycles. The van der Waals surface area contributed by atoms with Crippen LogP contribution in [0, 0.1) is 5.92 Å². The van der Waals surface area contributed by atoms with Crippen LogP contribution in [0.1, 0.15) is 51.9 Å². The number of ether oxygens (including phenoxy) is 2. The van der Waals surface area contributed by atoms with E-state index >= 15 is 0 Å². The van der Waals surface area contributed by atoms with Crippen molar-refractivity contribution in [3.63, 3.8) is 0 Å². The predicted octanol–water partition coefficient (Wildman–Crippen LogP) is 2.49. The molecular formula is C15H27NO2. The number of hydrogen-bond donors (Lipinski definition) is 1. The molecule has 0 amide bonds. The van der Waals surface area contributed by atoms with Gasteiger partial charge in [-0.3, -0.25) is 0 Å². The maximum atomic E-state index is 6.01. The quantitative estimate of drug-likeness (QED) is 0.789. The van der Waals surface area contributed by atoms with Crippen LogP contribution < -0.4 is 5.32 Å². The van der Waals surface area contributed by atoms with E-state index in [1.54, 1.807) is 0 Å². The zero-order valence-electron chi connectivity index (χ0n) is 11.6. The van der Waals surface area contributed by atoms with Gasteiger partial charge in [0.1, 0.15) is 0 Å². The highest BCUT2D eigenvalue weighted by Crippen LogP contribution is 2.41. The second-order valence-corrected chi connectivity index (χ2v) is 6.15. The molecule has 0 saturated carbocycles. The molecule has 3 nitrogen and oxygen atoms in total. The Bertz CT molecular complexity index is 265. The van der Waals surface area contributed by atoms with Crippen molar-refractivity contribution in [2.45, 2.75) is 76.2 Å². The smallest absolute Gasteiger partial charge is 0.0623 e. The Hall–Kier alpha value is -0.120. The topological polar surface area (TPSA) is 30.5 Å². The van der Waals surface area contributed by atoms with Crippen molar-refractivity contribution in [3.8, 4) is 0 Å². The average Bonchev–Trinajstić information content (AvgIpc) is 3.10. The van der Waals surface area contributed by atoms with Gasteiger partial charge in [-0.05, 0) is 51.5 Å². The third-order valence-electron chi connectivity index (χ3n) is 4.96. The van der Waals surface area contributed by atoms with Crippen molar-refractivity contribution in [1.29, 1.82) is 0 Å². The molecule has 1 N–H and O–H groups in total. The van der Waals surface area contributed by atoms with Gasteiger partial charge in [0.25, 0.3) is 0 Å². The Morgan fingerprint density at radius 2 is 2.22 bits per heavy atom. The molecule has 18 heavy (non-hydrogen) atoms. The standard InChI is InChI=1S/C15H27NO2/c1-2-16-14(7-5-11-4-3-9-17-11)13-10-12-6-8-15(13)18-12/h11-16H,2-10H2,1H3. The molecule has 0 aliphatic carbocycles. The molecule has 3 aliphatic heterocycles. The monoisotopic (exact) mass is 253 g/mol. The van der Waals surface area contributed by atoms with Crippen molar-refractivity contribution < 1.29 is 9.47 Å². The van der Waals surface area contributed by atoms with Crippen LogP contribution in [0.15, 0.2) is 0 Å². The van der Waals surface area contributed by atoms with Gasteiger partial charge in [0, 0.05) is 18.6 Å². The second-order valence-electron chi connectivity index (χ2n) is 6.15. The predicted molar refractivity (Wildman–Crippen MR) is 71.7 cm³/mol. The molecular weight excluding hydrogens is 226 g/mol. The molecule has 0 radical (unpaired) electrons. The molecule has 3 heterocycles. The Kier molecular flexibility index (Phi) is 4.22. The highest BCUT2D eigenvalue weighted by Gasteiger charge is 2.44. The summed E-state index contributed by atoms with van der Waals surface area (Å²) in [5, 5.41) is 3.70. The summed E-state index contributed by atoms with van der Waals surface area (Å²) in [6.07, 6.45) is 10.5. The van der Waals surface area contributed by atoms with E-state index in [4.69, 9.17) is 9.47 Å². The van der Waals surface area contributed by atoms with Gasteiger partial charge in [-0.15, -0.1) is 0 Å². The number of hydrogen-bond acceptors (Lipinski definition) is 3. The van der Waals surface area contributed by atoms with E-state index in [1.165, 1.54) is 44.9 Å². The molecule has 3 fully saturated rings. The summed E-state index contributed by atoms with van der Waals surface area (Å²) in [4.78, 5) is 0. The van der Waals surface area contributed by atoms with E-state index in [0.717, 1.165) is 19.1 Å². The summed E-state index contributed by atoms with van der Waals surface area (Å²) in [5.41, 5.74) is 0. The molecule has 104 valence electrons. The first-order valence-corrected chi connectivity index (χ1v) is 7.87. The molecule has 0 aromatic carbocycles. The van der Waals surface area contributed by atoms with Crippen molar-refractivity contribution in [3.05, 3.63) is 0 Å². The van der Waals surface area contributed by atoms with E-state index in [2.05, 4.69) is 12.2 Å². The van der Waals surface area contributed by atoms with Gasteiger partial charge in [0.05, 0.1) is 18.3 Å². The molecule has 2 bridgehead atoms. The minimum absolute atomic E-state index is 0.533. The Morgan fingerprint density at radius 3 is 2.83 bits per heavy atom. The van der Waals surface area contributed by atoms with Crippen LogP contribution in [-0.4, -0.2) is 37.5 Å². The van der Waals surface area contributed by atoms with Crippen LogP contribution in [0.5, 0.6) is 0 Å². The lowest BCUT2D eigenvalue weighted by Gasteiger charge is -2.29. The fraction of sp³-hybridized carbons (Fsp3) is 1.00. The highest BCUT2D eigenvalue weighted by atomic mass is 16.5. The summed E-state index contributed by atoms with van der Waals surface area (Å²) in [6.45, 7) is 4.27. The SMILES string of the molecule is CCNC(CCC1CCCO1)C1CC2CCC1O2. The number of rotatable bonds is 6. The van der Waals surface area contributed by atoms with Crippen molar-refractivity contribution >= 4 is 0 Å². The van der Waals surface area contributed by atoms with E-state index in [0.29, 0.717) is 24.4 Å². The zero-order valence-corrected chi connectivity index (χ0v) is 11.6. The summed E-state index contributed by atoms with van der Waals surface area (Å²) in [5.74, 6) is 0.755. The first-order chi connectivity index (χ1) is 8.86. The summed E-state index contributed by atoms with van der Waals surface area (Å²) < 4.78 is 11.8. The third-order valence-corrected chi connectivity index (χ3v) is 4.96. The molecule has 0 aromatic rings. The fourth-order valence-corrected chi connectivity index (χ4v) is 4.07. The Balaban J connectivity index is 1.51. The van der Waals surface area contributed by atoms with Gasteiger partial charge in [-0.2, -0.15) is 0 Å². The maximum absolute atomic E-state index is 6.01. The first-order valence-electron chi connectivity index (χ1n) is 7.87. The lowest BCUT2D eigenvalue weighted by molar-refractivity contribution is 0.0769. The molecule has 3 heteroatoms. The van der Waals surface area contributed by atoms with Crippen LogP contribution in [0.25, 0.3) is 0 Å². The van der Waals surface area contributed by atoms with Crippen molar-refractivity contribution in [2.75, 3.05) is 13.2 Å². The molecule has 3 aliphatic rings. The van der Waals surface area contributed by atoms with E-state index in [-0.39, 0.29) is 0 Å². The number of fused-ring (bicyclic) bond motifs is 2. The van der Waals surface area contributed by atoms with Crippen molar-refractivity contribution in [2.24, 2.45) is 5.92 Å². The van der Waals surface area contributed by atoms with Gasteiger partial charge in [-0.25, -0.2) is 0 Å². The molecule has 3 rings (SSSR count). The molecule has 0 aromatic heterocycles. The summed E-state index contributed by atoms with van der Waals surface area (Å²) in [6, 6.07) is 0.648. The summed E-state index contributed by atoms with van der Waals surface area (Å²) >= 11 is 0. The lowest BCUT2D eigenvalue weighted by Crippen LogP contribution is -2.41. The first kappa shape index (κ1) is 12.9. The van der Waals surface area contributed by atoms with E-state index < -0.39 is 0 Å². The third kappa shape index (κ3) is 2.73. The average molecular weight is 253 g/mol. The normalized spacial score (nSPS) is 40.5. The zero-order chi connectivity index (χ0) is 12.4. The minimum Gasteiger partial charge on any atom is -0.378 e. The van der Waals surface area contributed by atoms with Crippen molar-refractivity contribution in [1.82, 2.24) is 5.32 Å². The number of nitrogens with one attached hydrogen (secondary N) is 1. The van der Waals surface area contributed by atoms with Crippen LogP contribution in [-0.2, 0) is 9.47 Å². The lowest BCUT2D eigenvalue weighted by atomic mass is 9.81.